The highest BCUT2D eigenvalue weighted by Crippen LogP contribution is 2.40. The standard InChI is InChI=1S/C84H117N7O19Si/c1-18-32-107-83(101)89-76(54(5)6)78(96)86-58(10)72(94)42-60-25-29-62(30-26-60)51-109-82(100)88-71-46-75(74(103-15)44-69(71)80(98)90-48-55(7)38-63(90)19-2)106-34-22-20-21-33-105-73-45-70(68(40-57(73)9)79(97)91-49-56(8)39-64(91)52-110-111(16,17)84(11,12)13)87-81(99)108-50-61-27-23-59(24-28-61)41-66(93)47-85-77(95)67(53(3)4)43-65(92)31-35-104-37-36-102-14/h18,23-30,40,44-46,48-49,53-54,58,63-64,67,76H,1,19-22,31-39,41-43,47,50-52H2,2-17H3,(H,85,95)(H,86,96)(H,87,99)(H,88,100)(H,89,101)/t58-,63-,64+,67+,76-/m1/s1. The molecule has 27 heteroatoms. The van der Waals surface area contributed by atoms with Gasteiger partial charge in [0.2, 0.25) is 11.8 Å². The summed E-state index contributed by atoms with van der Waals surface area (Å²) >= 11 is 0. The Morgan fingerprint density at radius 1 is 0.604 bits per heavy atom. The number of methoxy groups -OCH3 is 2. The second-order valence-electron chi connectivity index (χ2n) is 30.6. The summed E-state index contributed by atoms with van der Waals surface area (Å²) in [6.07, 6.45) is 6.58. The van der Waals surface area contributed by atoms with E-state index in [-0.39, 0.29) is 170 Å². The molecule has 4 aromatic rings. The fraction of sp³-hybridized carbons (Fsp3) is 0.524. The highest BCUT2D eigenvalue weighted by Gasteiger charge is 2.40. The number of carbonyl (C=O) groups is 10. The van der Waals surface area contributed by atoms with Crippen LogP contribution in [0.25, 0.3) is 0 Å². The maximum atomic E-state index is 14.9. The number of alkyl carbamates (subject to hydrolysis) is 1. The van der Waals surface area contributed by atoms with Gasteiger partial charge in [-0.2, -0.15) is 0 Å². The number of anilines is 2. The van der Waals surface area contributed by atoms with Gasteiger partial charge in [0.25, 0.3) is 11.8 Å². The Morgan fingerprint density at radius 3 is 1.68 bits per heavy atom. The highest BCUT2D eigenvalue weighted by atomic mass is 28.4. The first-order valence-electron chi connectivity index (χ1n) is 38.2. The van der Waals surface area contributed by atoms with Crippen LogP contribution in [0.5, 0.6) is 17.2 Å². The maximum Gasteiger partial charge on any atom is 0.411 e. The first kappa shape index (κ1) is 90.2. The molecule has 6 rings (SSSR count). The first-order chi connectivity index (χ1) is 52.6. The van der Waals surface area contributed by atoms with E-state index in [1.807, 2.05) is 53.9 Å². The summed E-state index contributed by atoms with van der Waals surface area (Å²) in [6.45, 7) is 32.2. The fourth-order valence-electron chi connectivity index (χ4n) is 12.1. The maximum absolute atomic E-state index is 14.9. The molecular formula is C84H117N7O19Si. The number of benzene rings is 4. The molecule has 7 amide bonds. The molecule has 606 valence electrons. The zero-order valence-corrected chi connectivity index (χ0v) is 68.7. The molecule has 2 aliphatic rings. The van der Waals surface area contributed by atoms with Crippen molar-refractivity contribution in [2.24, 2.45) is 17.8 Å². The van der Waals surface area contributed by atoms with Crippen molar-refractivity contribution in [1.29, 1.82) is 0 Å². The summed E-state index contributed by atoms with van der Waals surface area (Å²) in [4.78, 5) is 138. The van der Waals surface area contributed by atoms with Gasteiger partial charge in [-0.15, -0.1) is 0 Å². The molecule has 5 atom stereocenters. The van der Waals surface area contributed by atoms with Gasteiger partial charge < -0.3 is 68.1 Å². The molecule has 26 nitrogen and oxygen atoms in total. The molecule has 5 N–H and O–H groups in total. The van der Waals surface area contributed by atoms with Crippen LogP contribution in [0.15, 0.2) is 109 Å². The van der Waals surface area contributed by atoms with E-state index < -0.39 is 50.5 Å². The molecule has 0 bridgehead atoms. The summed E-state index contributed by atoms with van der Waals surface area (Å²) in [5.74, 6) is -2.29. The number of nitrogens with one attached hydrogen (secondary N) is 5. The summed E-state index contributed by atoms with van der Waals surface area (Å²) < 4.78 is 51.9. The van der Waals surface area contributed by atoms with Crippen LogP contribution in [0.4, 0.5) is 25.8 Å². The highest BCUT2D eigenvalue weighted by molar-refractivity contribution is 6.74. The Morgan fingerprint density at radius 2 is 1.14 bits per heavy atom. The van der Waals surface area contributed by atoms with Gasteiger partial charge in [0.15, 0.2) is 31.4 Å². The Kier molecular flexibility index (Phi) is 35.6. The minimum atomic E-state index is -2.20. The van der Waals surface area contributed by atoms with Crippen molar-refractivity contribution < 1.29 is 90.3 Å². The number of amides is 7. The second kappa shape index (κ2) is 43.8. The third-order valence-corrected chi connectivity index (χ3v) is 24.3. The van der Waals surface area contributed by atoms with Crippen LogP contribution in [-0.4, -0.2) is 169 Å². The van der Waals surface area contributed by atoms with E-state index in [1.165, 1.54) is 13.2 Å². The average Bonchev–Trinajstić information content (AvgIpc) is 1.77. The second-order valence-corrected chi connectivity index (χ2v) is 35.4. The largest absolute Gasteiger partial charge is 0.493 e. The van der Waals surface area contributed by atoms with E-state index in [4.69, 9.17) is 42.3 Å². The summed E-state index contributed by atoms with van der Waals surface area (Å²) in [5.41, 5.74) is 5.92. The summed E-state index contributed by atoms with van der Waals surface area (Å²) in [6, 6.07) is 18.0. The van der Waals surface area contributed by atoms with Gasteiger partial charge in [0.05, 0.1) is 87.9 Å². The molecular weight excluding hydrogens is 1440 g/mol. The number of unbranched alkanes of at least 4 members (excludes halogenated alkanes) is 2. The quantitative estimate of drug-likeness (QED) is 0.0119. The predicted molar refractivity (Wildman–Crippen MR) is 426 cm³/mol. The fourth-order valence-corrected chi connectivity index (χ4v) is 13.2. The molecule has 4 aromatic carbocycles. The monoisotopic (exact) mass is 1560 g/mol. The van der Waals surface area contributed by atoms with Crippen molar-refractivity contribution in [3.8, 4) is 17.2 Å². The van der Waals surface area contributed by atoms with Crippen LogP contribution in [-0.2, 0) is 78.1 Å². The van der Waals surface area contributed by atoms with Crippen LogP contribution in [0, 0.1) is 24.7 Å². The van der Waals surface area contributed by atoms with Gasteiger partial charge in [-0.3, -0.25) is 44.2 Å². The number of nitrogens with zero attached hydrogens (tertiary/aromatic N) is 2. The van der Waals surface area contributed by atoms with Crippen LogP contribution in [0.2, 0.25) is 18.1 Å². The van der Waals surface area contributed by atoms with E-state index in [9.17, 15) is 47.9 Å². The Hall–Kier alpha value is -9.70. The molecule has 0 fully saturated rings. The molecule has 0 saturated carbocycles. The zero-order chi connectivity index (χ0) is 81.7. The lowest BCUT2D eigenvalue weighted by atomic mass is 9.89. The van der Waals surface area contributed by atoms with Crippen molar-refractivity contribution >= 4 is 79.0 Å². The van der Waals surface area contributed by atoms with Crippen molar-refractivity contribution in [3.63, 3.8) is 0 Å². The number of Topliss-reactive ketones (excluding diaryl/α,β-unsaturated/α-hetero) is 3. The van der Waals surface area contributed by atoms with Crippen LogP contribution < -0.4 is 40.8 Å². The SMILES string of the molecule is C=CCOC(=O)N[C@@H](C(=O)N[C@H](C)C(=O)Cc1ccc(COC(=O)Nc2cc(OCCCCCOc3cc(NC(=O)OCc4ccc(CC(=O)CNC(=O)[C@@H](CC(=O)CCOCCOC)C(C)C)cc4)c(C(=O)N4C=C(C)C[C@H]4CO[Si](C)(C)C(C)(C)C)cc3C)c(OC)cc2C(=O)N2C=C(C)C[C@H]2CC)cc1)C(C)C. The Bertz CT molecular complexity index is 3940. The third-order valence-electron chi connectivity index (χ3n) is 19.8. The van der Waals surface area contributed by atoms with Crippen molar-refractivity contribution in [3.05, 3.63) is 148 Å². The van der Waals surface area contributed by atoms with E-state index in [0.29, 0.717) is 91.9 Å². The lowest BCUT2D eigenvalue weighted by Gasteiger charge is -2.38. The topological polar surface area (TPSA) is 320 Å². The minimum absolute atomic E-state index is 0.0105. The van der Waals surface area contributed by atoms with Gasteiger partial charge in [-0.25, -0.2) is 14.4 Å². The Labute approximate surface area is 655 Å². The van der Waals surface area contributed by atoms with Gasteiger partial charge >= 0.3 is 18.3 Å². The van der Waals surface area contributed by atoms with Crippen molar-refractivity contribution in [2.75, 3.05) is 77.6 Å². The number of ketones is 3. The third kappa shape index (κ3) is 28.2. The summed E-state index contributed by atoms with van der Waals surface area (Å²) in [5, 5.41) is 13.5. The molecule has 0 aliphatic carbocycles. The number of ether oxygens (including phenoxy) is 8. The lowest BCUT2D eigenvalue weighted by molar-refractivity contribution is -0.132. The van der Waals surface area contributed by atoms with Crippen LogP contribution in [0.1, 0.15) is 176 Å². The van der Waals surface area contributed by atoms with Gasteiger partial charge in [-0.1, -0.05) is 128 Å². The Balaban J connectivity index is 1.08. The number of hydrogen-bond donors (Lipinski definition) is 5. The van der Waals surface area contributed by atoms with Crippen molar-refractivity contribution in [1.82, 2.24) is 25.8 Å². The van der Waals surface area contributed by atoms with Gasteiger partial charge in [0.1, 0.15) is 37.4 Å². The molecule has 0 aromatic heterocycles. The number of hydrogen-bond acceptors (Lipinski definition) is 19. The normalized spacial score (nSPS) is 15.0. The van der Waals surface area contributed by atoms with Crippen LogP contribution in [0.3, 0.4) is 0 Å². The number of aryl methyl sites for hydroxylation is 1. The zero-order valence-electron chi connectivity index (χ0n) is 67.7. The van der Waals surface area contributed by atoms with Crippen LogP contribution >= 0.6 is 0 Å². The number of carbonyl (C=O) groups excluding carboxylic acids is 10. The molecule has 0 saturated heterocycles. The van der Waals surface area contributed by atoms with Gasteiger partial charge in [-0.05, 0) is 136 Å². The number of rotatable bonds is 44. The van der Waals surface area contributed by atoms with E-state index >= 15 is 0 Å². The lowest BCUT2D eigenvalue weighted by Crippen LogP contribution is -2.53. The van der Waals surface area contributed by atoms with E-state index in [2.05, 4.69) is 67.0 Å². The van der Waals surface area contributed by atoms with E-state index in [0.717, 1.165) is 11.1 Å². The van der Waals surface area contributed by atoms with E-state index in [1.54, 1.807) is 110 Å². The average molecular weight is 1560 g/mol. The molecule has 2 heterocycles. The molecule has 0 radical (unpaired) electrons. The van der Waals surface area contributed by atoms with Gasteiger partial charge in [0, 0.05) is 69.3 Å². The molecule has 2 aliphatic heterocycles. The smallest absolute Gasteiger partial charge is 0.411 e. The summed E-state index contributed by atoms with van der Waals surface area (Å²) in [7, 11) is 0.823. The minimum Gasteiger partial charge on any atom is -0.493 e. The molecule has 0 spiro atoms. The molecule has 111 heavy (non-hydrogen) atoms. The first-order valence-corrected chi connectivity index (χ1v) is 41.1. The van der Waals surface area contributed by atoms with Crippen molar-refractivity contribution in [2.45, 2.75) is 203 Å². The molecule has 0 unspecified atom stereocenters. The predicted octanol–water partition coefficient (Wildman–Crippen LogP) is 13.9.